The van der Waals surface area contributed by atoms with E-state index in [1.807, 2.05) is 49.4 Å². The molecule has 0 unspecified atom stereocenters. The van der Waals surface area contributed by atoms with Gasteiger partial charge in [-0.3, -0.25) is 14.4 Å². The summed E-state index contributed by atoms with van der Waals surface area (Å²) in [5, 5.41) is 10.3. The van der Waals surface area contributed by atoms with Gasteiger partial charge in [-0.2, -0.15) is 13.2 Å². The van der Waals surface area contributed by atoms with Gasteiger partial charge in [0.1, 0.15) is 12.4 Å². The lowest BCUT2D eigenvalue weighted by molar-refractivity contribution is -0.159. The molecule has 57 heavy (non-hydrogen) atoms. The van der Waals surface area contributed by atoms with Crippen LogP contribution in [0.4, 0.5) is 23.2 Å². The number of ether oxygens (including phenoxy) is 3. The number of carbonyl (C=O) groups excluding carboxylic acids is 3. The number of anilines is 1. The Morgan fingerprint density at radius 1 is 0.930 bits per heavy atom. The van der Waals surface area contributed by atoms with E-state index in [9.17, 15) is 36.0 Å². The molecule has 4 aromatic rings. The van der Waals surface area contributed by atoms with Crippen LogP contribution in [0.3, 0.4) is 0 Å². The molecule has 11 nitrogen and oxygen atoms in total. The maximum atomic E-state index is 15.3. The van der Waals surface area contributed by atoms with Crippen LogP contribution in [0.2, 0.25) is 0 Å². The SMILES string of the molecule is COc1cc(F)c(OC2CCC(C)(C(=O)OCc3cccc4ccccc34)CC2)cc1C(=O)N[C@H]1CCNC[C@H]1C(=O)Nc1cccc(S(=O)(=O)C(F)(F)F)c1.Cl. The molecule has 0 aromatic heterocycles. The molecule has 1 aliphatic carbocycles. The van der Waals surface area contributed by atoms with Crippen LogP contribution in [-0.2, 0) is 30.8 Å². The highest BCUT2D eigenvalue weighted by atomic mass is 35.5. The number of esters is 1. The Bertz CT molecular complexity index is 2230. The maximum Gasteiger partial charge on any atom is 0.501 e. The van der Waals surface area contributed by atoms with Crippen molar-refractivity contribution in [3.63, 3.8) is 0 Å². The summed E-state index contributed by atoms with van der Waals surface area (Å²) in [6, 6.07) is 19.0. The van der Waals surface area contributed by atoms with Crippen LogP contribution < -0.4 is 25.4 Å². The van der Waals surface area contributed by atoms with Crippen LogP contribution >= 0.6 is 12.4 Å². The van der Waals surface area contributed by atoms with Gasteiger partial charge < -0.3 is 30.2 Å². The van der Waals surface area contributed by atoms with E-state index in [2.05, 4.69) is 16.0 Å². The first-order chi connectivity index (χ1) is 26.6. The molecule has 1 aliphatic heterocycles. The molecule has 2 aliphatic rings. The smallest absolute Gasteiger partial charge is 0.496 e. The second-order valence-electron chi connectivity index (χ2n) is 14.2. The molecular weight excluding hydrogens is 794 g/mol. The molecular formula is C40H42ClF4N3O8S. The van der Waals surface area contributed by atoms with E-state index in [-0.39, 0.29) is 60.7 Å². The lowest BCUT2D eigenvalue weighted by atomic mass is 9.74. The number of nitrogens with one attached hydrogen (secondary N) is 3. The minimum Gasteiger partial charge on any atom is -0.496 e. The number of benzene rings is 4. The topological polar surface area (TPSA) is 149 Å². The Hall–Kier alpha value is -4.93. The first-order valence-electron chi connectivity index (χ1n) is 18.0. The van der Waals surface area contributed by atoms with E-state index in [4.69, 9.17) is 14.2 Å². The number of methoxy groups -OCH3 is 1. The van der Waals surface area contributed by atoms with Gasteiger partial charge in [0, 0.05) is 24.3 Å². The first kappa shape index (κ1) is 43.2. The Labute approximate surface area is 333 Å². The average Bonchev–Trinajstić information content (AvgIpc) is 3.18. The van der Waals surface area contributed by atoms with Gasteiger partial charge in [0.15, 0.2) is 11.6 Å². The average molecular weight is 836 g/mol. The van der Waals surface area contributed by atoms with Gasteiger partial charge in [0.2, 0.25) is 5.91 Å². The minimum atomic E-state index is -5.65. The molecule has 4 aromatic carbocycles. The summed E-state index contributed by atoms with van der Waals surface area (Å²) in [4.78, 5) is 39.2. The molecule has 0 spiro atoms. The zero-order valence-electron chi connectivity index (χ0n) is 31.0. The maximum absolute atomic E-state index is 15.3. The van der Waals surface area contributed by atoms with Crippen molar-refractivity contribution in [2.75, 3.05) is 25.5 Å². The van der Waals surface area contributed by atoms with Gasteiger partial charge in [-0.25, -0.2) is 12.8 Å². The molecule has 17 heteroatoms. The molecule has 2 atom stereocenters. The van der Waals surface area contributed by atoms with E-state index in [1.54, 1.807) is 0 Å². The molecule has 2 amide bonds. The molecule has 2 fully saturated rings. The van der Waals surface area contributed by atoms with Crippen molar-refractivity contribution >= 4 is 56.5 Å². The molecule has 3 N–H and O–H groups in total. The summed E-state index contributed by atoms with van der Waals surface area (Å²) in [6.07, 6.45) is 1.52. The number of carbonyl (C=O) groups is 3. The number of halogens is 5. The standard InChI is InChI=1S/C40H41F4N3O8S.ClH/c1-39(38(50)54-23-25-9-5-8-24-7-3-4-12-29(24)25)16-13-27(14-17-39)55-35-20-30(34(53-2)21-32(35)41)36(48)47-33-15-18-45-22-31(33)37(49)46-26-10-6-11-28(19-26)56(51,52)40(42,43)44;/h3-12,19-21,27,31,33,45H,13-18,22-23H2,1-2H3,(H,46,49)(H,47,48);1H/t27?,31-,33+,39?;/m1./s1. The zero-order valence-corrected chi connectivity index (χ0v) is 32.6. The number of fused-ring (bicyclic) bond motifs is 1. The fourth-order valence-corrected chi connectivity index (χ4v) is 7.91. The van der Waals surface area contributed by atoms with Crippen molar-refractivity contribution in [3.8, 4) is 11.5 Å². The van der Waals surface area contributed by atoms with Gasteiger partial charge in [-0.15, -0.1) is 12.4 Å². The second-order valence-corrected chi connectivity index (χ2v) is 16.2. The summed E-state index contributed by atoms with van der Waals surface area (Å²) >= 11 is 0. The third kappa shape index (κ3) is 9.62. The van der Waals surface area contributed by atoms with E-state index in [0.29, 0.717) is 38.3 Å². The minimum absolute atomic E-state index is 0. The van der Waals surface area contributed by atoms with Crippen molar-refractivity contribution in [2.24, 2.45) is 11.3 Å². The summed E-state index contributed by atoms with van der Waals surface area (Å²) in [7, 11) is -4.39. The lowest BCUT2D eigenvalue weighted by Crippen LogP contribution is -2.53. The summed E-state index contributed by atoms with van der Waals surface area (Å²) in [5.74, 6) is -3.68. The van der Waals surface area contributed by atoms with Crippen LogP contribution in [0, 0.1) is 17.2 Å². The summed E-state index contributed by atoms with van der Waals surface area (Å²) in [6.45, 7) is 2.48. The van der Waals surface area contributed by atoms with Crippen molar-refractivity contribution in [2.45, 2.75) is 68.2 Å². The fourth-order valence-electron chi connectivity index (χ4n) is 7.10. The highest BCUT2D eigenvalue weighted by Crippen LogP contribution is 2.40. The lowest BCUT2D eigenvalue weighted by Gasteiger charge is -2.35. The highest BCUT2D eigenvalue weighted by molar-refractivity contribution is 7.92. The van der Waals surface area contributed by atoms with Crippen LogP contribution in [-0.4, -0.2) is 64.1 Å². The molecule has 1 saturated heterocycles. The van der Waals surface area contributed by atoms with Gasteiger partial charge in [0.05, 0.1) is 35.0 Å². The van der Waals surface area contributed by atoms with E-state index < -0.39 is 61.4 Å². The quantitative estimate of drug-likeness (QED) is 0.106. The Morgan fingerprint density at radius 3 is 2.35 bits per heavy atom. The van der Waals surface area contributed by atoms with Crippen LogP contribution in [0.15, 0.2) is 83.8 Å². The molecule has 1 heterocycles. The van der Waals surface area contributed by atoms with E-state index in [0.717, 1.165) is 34.5 Å². The van der Waals surface area contributed by atoms with Crippen molar-refractivity contribution in [1.82, 2.24) is 10.6 Å². The second kappa shape index (κ2) is 17.7. The third-order valence-electron chi connectivity index (χ3n) is 10.4. The van der Waals surface area contributed by atoms with Crippen molar-refractivity contribution < 1.29 is 54.6 Å². The first-order valence-corrected chi connectivity index (χ1v) is 19.5. The monoisotopic (exact) mass is 835 g/mol. The zero-order chi connectivity index (χ0) is 40.3. The molecule has 0 bridgehead atoms. The van der Waals surface area contributed by atoms with E-state index >= 15 is 4.39 Å². The number of rotatable bonds is 11. The number of hydrogen-bond donors (Lipinski definition) is 3. The van der Waals surface area contributed by atoms with Gasteiger partial charge >= 0.3 is 11.5 Å². The van der Waals surface area contributed by atoms with Gasteiger partial charge in [-0.1, -0.05) is 48.5 Å². The normalized spacial score (nSPS) is 21.1. The molecule has 0 radical (unpaired) electrons. The predicted molar refractivity (Wildman–Crippen MR) is 205 cm³/mol. The number of sulfone groups is 1. The fraction of sp³-hybridized carbons (Fsp3) is 0.375. The molecule has 1 saturated carbocycles. The molecule has 306 valence electrons. The Balaban J connectivity index is 0.00000620. The number of hydrogen-bond acceptors (Lipinski definition) is 9. The van der Waals surface area contributed by atoms with E-state index in [1.165, 1.54) is 19.2 Å². The summed E-state index contributed by atoms with van der Waals surface area (Å²) in [5.41, 5.74) is -5.64. The number of amides is 2. The van der Waals surface area contributed by atoms with Crippen LogP contribution in [0.5, 0.6) is 11.5 Å². The van der Waals surface area contributed by atoms with Gasteiger partial charge in [0.25, 0.3) is 15.7 Å². The van der Waals surface area contributed by atoms with Crippen LogP contribution in [0.1, 0.15) is 54.9 Å². The Morgan fingerprint density at radius 2 is 1.63 bits per heavy atom. The number of alkyl halides is 3. The predicted octanol–water partition coefficient (Wildman–Crippen LogP) is 7.12. The highest BCUT2D eigenvalue weighted by Gasteiger charge is 2.47. The Kier molecular flexibility index (Phi) is 13.4. The van der Waals surface area contributed by atoms with Crippen molar-refractivity contribution in [3.05, 3.63) is 95.8 Å². The van der Waals surface area contributed by atoms with Crippen molar-refractivity contribution in [1.29, 1.82) is 0 Å². The number of piperidine rings is 1. The van der Waals surface area contributed by atoms with Crippen LogP contribution in [0.25, 0.3) is 10.8 Å². The third-order valence-corrected chi connectivity index (χ3v) is 11.9. The summed E-state index contributed by atoms with van der Waals surface area (Å²) < 4.78 is 95.6. The molecule has 6 rings (SSSR count). The van der Waals surface area contributed by atoms with Gasteiger partial charge in [-0.05, 0) is 86.2 Å². The largest absolute Gasteiger partial charge is 0.501 e.